The molecular formula is C21H26N2O3S. The van der Waals surface area contributed by atoms with Crippen molar-refractivity contribution in [1.29, 1.82) is 0 Å². The minimum absolute atomic E-state index is 0.0815. The van der Waals surface area contributed by atoms with E-state index in [1.54, 1.807) is 30.3 Å². The third-order valence-corrected chi connectivity index (χ3v) is 6.29. The molecule has 1 fully saturated rings. The number of benzene rings is 2. The van der Waals surface area contributed by atoms with Gasteiger partial charge in [-0.3, -0.25) is 9.52 Å². The zero-order valence-electron chi connectivity index (χ0n) is 15.9. The zero-order valence-corrected chi connectivity index (χ0v) is 16.7. The molecular weight excluding hydrogens is 360 g/mol. The number of carbonyl (C=O) groups is 1. The van der Waals surface area contributed by atoms with Gasteiger partial charge in [0.1, 0.15) is 0 Å². The van der Waals surface area contributed by atoms with E-state index in [2.05, 4.69) is 4.72 Å². The summed E-state index contributed by atoms with van der Waals surface area (Å²) in [4.78, 5) is 14.9. The number of hydrogen-bond acceptors (Lipinski definition) is 3. The fourth-order valence-corrected chi connectivity index (χ4v) is 4.44. The monoisotopic (exact) mass is 386 g/mol. The second-order valence-electron chi connectivity index (χ2n) is 7.16. The summed E-state index contributed by atoms with van der Waals surface area (Å²) in [5.41, 5.74) is 2.73. The highest BCUT2D eigenvalue weighted by Gasteiger charge is 2.22. The molecule has 1 heterocycles. The average molecular weight is 387 g/mol. The molecule has 0 atom stereocenters. The first-order valence-corrected chi connectivity index (χ1v) is 10.8. The van der Waals surface area contributed by atoms with Gasteiger partial charge in [0, 0.05) is 24.3 Å². The van der Waals surface area contributed by atoms with E-state index in [0.717, 1.165) is 49.9 Å². The first-order valence-electron chi connectivity index (χ1n) is 9.36. The summed E-state index contributed by atoms with van der Waals surface area (Å²) in [6.07, 6.45) is 4.27. The summed E-state index contributed by atoms with van der Waals surface area (Å²) in [7, 11) is -3.76. The number of amides is 1. The maximum atomic E-state index is 13.0. The first kappa shape index (κ1) is 19.4. The van der Waals surface area contributed by atoms with Crippen LogP contribution in [0.4, 0.5) is 5.69 Å². The fraction of sp³-hybridized carbons (Fsp3) is 0.381. The zero-order chi connectivity index (χ0) is 19.4. The molecule has 0 aromatic heterocycles. The molecule has 1 aliphatic heterocycles. The van der Waals surface area contributed by atoms with Crippen LogP contribution in [0.25, 0.3) is 0 Å². The molecule has 2 aromatic rings. The summed E-state index contributed by atoms with van der Waals surface area (Å²) in [5, 5.41) is 0. The first-order chi connectivity index (χ1) is 12.9. The van der Waals surface area contributed by atoms with Crippen molar-refractivity contribution in [2.24, 2.45) is 0 Å². The molecule has 0 unspecified atom stereocenters. The number of carbonyl (C=O) groups excluding carboxylic acids is 1. The van der Waals surface area contributed by atoms with Crippen molar-refractivity contribution < 1.29 is 13.2 Å². The summed E-state index contributed by atoms with van der Waals surface area (Å²) < 4.78 is 28.2. The van der Waals surface area contributed by atoms with Crippen LogP contribution in [-0.2, 0) is 10.0 Å². The van der Waals surface area contributed by atoms with Crippen LogP contribution >= 0.6 is 0 Å². The van der Waals surface area contributed by atoms with Crippen molar-refractivity contribution in [3.8, 4) is 0 Å². The Morgan fingerprint density at radius 2 is 1.67 bits per heavy atom. The third kappa shape index (κ3) is 4.69. The van der Waals surface area contributed by atoms with E-state index in [1.807, 2.05) is 24.8 Å². The van der Waals surface area contributed by atoms with Gasteiger partial charge in [-0.1, -0.05) is 31.0 Å². The normalized spacial score (nSPS) is 15.3. The molecule has 144 valence electrons. The van der Waals surface area contributed by atoms with Crippen molar-refractivity contribution in [3.05, 3.63) is 59.2 Å². The maximum absolute atomic E-state index is 13.0. The van der Waals surface area contributed by atoms with E-state index in [9.17, 15) is 13.2 Å². The second kappa shape index (κ2) is 8.13. The smallest absolute Gasteiger partial charge is 0.261 e. The molecule has 6 heteroatoms. The molecule has 1 amide bonds. The van der Waals surface area contributed by atoms with E-state index >= 15 is 0 Å². The van der Waals surface area contributed by atoms with Gasteiger partial charge in [-0.05, 0) is 62.1 Å². The van der Waals surface area contributed by atoms with Crippen molar-refractivity contribution >= 4 is 21.6 Å². The molecule has 0 saturated carbocycles. The number of anilines is 1. The molecule has 27 heavy (non-hydrogen) atoms. The molecule has 1 N–H and O–H groups in total. The number of rotatable bonds is 4. The number of nitrogens with zero attached hydrogens (tertiary/aromatic N) is 1. The van der Waals surface area contributed by atoms with Crippen LogP contribution < -0.4 is 4.72 Å². The summed E-state index contributed by atoms with van der Waals surface area (Å²) >= 11 is 0. The minimum Gasteiger partial charge on any atom is -0.339 e. The number of likely N-dealkylation sites (tertiary alicyclic amines) is 1. The Hall–Kier alpha value is -2.34. The van der Waals surface area contributed by atoms with Crippen molar-refractivity contribution in [3.63, 3.8) is 0 Å². The molecule has 0 spiro atoms. The molecule has 5 nitrogen and oxygen atoms in total. The summed E-state index contributed by atoms with van der Waals surface area (Å²) in [5.74, 6) is -0.0815. The van der Waals surface area contributed by atoms with E-state index in [1.165, 1.54) is 6.07 Å². The number of hydrogen-bond donors (Lipinski definition) is 1. The van der Waals surface area contributed by atoms with Gasteiger partial charge in [0.2, 0.25) is 0 Å². The van der Waals surface area contributed by atoms with Gasteiger partial charge >= 0.3 is 0 Å². The van der Waals surface area contributed by atoms with Crippen LogP contribution in [0.2, 0.25) is 0 Å². The fourth-order valence-electron chi connectivity index (χ4n) is 3.37. The van der Waals surface area contributed by atoms with E-state index in [-0.39, 0.29) is 10.8 Å². The van der Waals surface area contributed by atoms with Crippen LogP contribution in [-0.4, -0.2) is 32.3 Å². The van der Waals surface area contributed by atoms with Crippen molar-refractivity contribution in [2.75, 3.05) is 17.8 Å². The van der Waals surface area contributed by atoms with Gasteiger partial charge < -0.3 is 4.90 Å². The highest BCUT2D eigenvalue weighted by Crippen LogP contribution is 2.22. The van der Waals surface area contributed by atoms with Crippen molar-refractivity contribution in [1.82, 2.24) is 4.90 Å². The predicted octanol–water partition coefficient (Wildman–Crippen LogP) is 4.12. The van der Waals surface area contributed by atoms with Crippen LogP contribution in [0, 0.1) is 13.8 Å². The lowest BCUT2D eigenvalue weighted by molar-refractivity contribution is 0.0760. The van der Waals surface area contributed by atoms with Crippen LogP contribution in [0.3, 0.4) is 0 Å². The Morgan fingerprint density at radius 1 is 0.963 bits per heavy atom. The lowest BCUT2D eigenvalue weighted by Gasteiger charge is -2.21. The maximum Gasteiger partial charge on any atom is 0.261 e. The topological polar surface area (TPSA) is 66.5 Å². The Labute approximate surface area is 161 Å². The van der Waals surface area contributed by atoms with Crippen LogP contribution in [0.15, 0.2) is 47.4 Å². The summed E-state index contributed by atoms with van der Waals surface area (Å²) in [6, 6.07) is 11.9. The molecule has 0 radical (unpaired) electrons. The summed E-state index contributed by atoms with van der Waals surface area (Å²) in [6.45, 7) is 5.21. The second-order valence-corrected chi connectivity index (χ2v) is 8.84. The highest BCUT2D eigenvalue weighted by molar-refractivity contribution is 7.92. The number of aryl methyl sites for hydroxylation is 2. The molecule has 0 aliphatic carbocycles. The van der Waals surface area contributed by atoms with Crippen LogP contribution in [0.1, 0.15) is 47.2 Å². The standard InChI is InChI=1S/C21H26N2O3S/c1-16-8-7-9-18(14-16)22-27(25,26)19-11-10-17(2)20(15-19)21(24)23-12-5-3-4-6-13-23/h7-11,14-15,22H,3-6,12-13H2,1-2H3. The minimum atomic E-state index is -3.76. The Kier molecular flexibility index (Phi) is 5.85. The molecule has 1 saturated heterocycles. The Morgan fingerprint density at radius 3 is 2.33 bits per heavy atom. The van der Waals surface area contributed by atoms with Crippen molar-refractivity contribution in [2.45, 2.75) is 44.4 Å². The van der Waals surface area contributed by atoms with E-state index in [4.69, 9.17) is 0 Å². The van der Waals surface area contributed by atoms with Gasteiger partial charge in [0.05, 0.1) is 4.90 Å². The van der Waals surface area contributed by atoms with Gasteiger partial charge in [-0.15, -0.1) is 0 Å². The SMILES string of the molecule is Cc1cccc(NS(=O)(=O)c2ccc(C)c(C(=O)N3CCCCCC3)c2)c1. The third-order valence-electron chi connectivity index (χ3n) is 4.91. The molecule has 0 bridgehead atoms. The van der Waals surface area contributed by atoms with Gasteiger partial charge in [0.15, 0.2) is 0 Å². The van der Waals surface area contributed by atoms with Gasteiger partial charge in [-0.25, -0.2) is 8.42 Å². The number of nitrogens with one attached hydrogen (secondary N) is 1. The number of sulfonamides is 1. The molecule has 2 aromatic carbocycles. The lowest BCUT2D eigenvalue weighted by atomic mass is 10.1. The van der Waals surface area contributed by atoms with Crippen LogP contribution in [0.5, 0.6) is 0 Å². The predicted molar refractivity (Wildman–Crippen MR) is 108 cm³/mol. The highest BCUT2D eigenvalue weighted by atomic mass is 32.2. The van der Waals surface area contributed by atoms with E-state index < -0.39 is 10.0 Å². The van der Waals surface area contributed by atoms with Gasteiger partial charge in [-0.2, -0.15) is 0 Å². The quantitative estimate of drug-likeness (QED) is 0.859. The Balaban J connectivity index is 1.88. The Bertz CT molecular complexity index is 930. The molecule has 1 aliphatic rings. The van der Waals surface area contributed by atoms with E-state index in [0.29, 0.717) is 11.3 Å². The largest absolute Gasteiger partial charge is 0.339 e. The molecule has 3 rings (SSSR count). The average Bonchev–Trinajstić information content (AvgIpc) is 2.90. The van der Waals surface area contributed by atoms with Gasteiger partial charge in [0.25, 0.3) is 15.9 Å². The lowest BCUT2D eigenvalue weighted by Crippen LogP contribution is -2.32.